The second kappa shape index (κ2) is 12.6. The monoisotopic (exact) mass is 422 g/mol. The summed E-state index contributed by atoms with van der Waals surface area (Å²) in [4.78, 5) is 26.1. The second-order valence-corrected chi connectivity index (χ2v) is 5.78. The van der Waals surface area contributed by atoms with Gasteiger partial charge in [0.1, 0.15) is 28.7 Å². The Morgan fingerprint density at radius 3 is 1.93 bits per heavy atom. The van der Waals surface area contributed by atoms with E-state index in [2.05, 4.69) is 0 Å². The van der Waals surface area contributed by atoms with Crippen LogP contribution in [0.1, 0.15) is 35.2 Å². The van der Waals surface area contributed by atoms with Crippen molar-refractivity contribution in [2.75, 3.05) is 27.9 Å². The molecule has 2 aromatic rings. The number of ketones is 1. The number of hydrogen-bond donors (Lipinski definition) is 0. The summed E-state index contributed by atoms with van der Waals surface area (Å²) in [6, 6.07) is 12.0. The normalized spacial score (nSPS) is 10.9. The van der Waals surface area contributed by atoms with Crippen molar-refractivity contribution in [2.24, 2.45) is 0 Å². The first-order valence-electron chi connectivity index (χ1n) is 8.92. The summed E-state index contributed by atoms with van der Waals surface area (Å²) < 4.78 is 29.5. The van der Waals surface area contributed by atoms with Crippen LogP contribution < -0.4 is 14.2 Å². The van der Waals surface area contributed by atoms with Crippen LogP contribution in [-0.4, -0.2) is 39.7 Å². The van der Waals surface area contributed by atoms with Crippen LogP contribution in [0.5, 0.6) is 17.2 Å². The molecule has 158 valence electrons. The number of rotatable bonds is 9. The molecular weight excluding hydrogens is 395 g/mol. The van der Waals surface area contributed by atoms with Crippen LogP contribution in [0.4, 0.5) is 0 Å². The Morgan fingerprint density at radius 2 is 1.48 bits per heavy atom. The Kier molecular flexibility index (Phi) is 10.6. The third-order valence-corrected chi connectivity index (χ3v) is 4.04. The zero-order valence-corrected chi connectivity index (χ0v) is 18.5. The molecule has 2 rings (SSSR count). The first-order valence-corrected chi connectivity index (χ1v) is 9.49. The Labute approximate surface area is 172 Å². The summed E-state index contributed by atoms with van der Waals surface area (Å²) in [5, 5.41) is 0. The average Bonchev–Trinajstić information content (AvgIpc) is 2.78. The van der Waals surface area contributed by atoms with E-state index in [4.69, 9.17) is 23.5 Å². The minimum absolute atomic E-state index is 0.170. The molecule has 2 unspecified atom stereocenters. The van der Waals surface area contributed by atoms with Crippen molar-refractivity contribution in [3.8, 4) is 17.2 Å². The van der Waals surface area contributed by atoms with Gasteiger partial charge in [-0.25, -0.2) is 0 Å². The summed E-state index contributed by atoms with van der Waals surface area (Å²) in [5.41, 5.74) is 0.714. The molecule has 7 nitrogen and oxygen atoms in total. The summed E-state index contributed by atoms with van der Waals surface area (Å²) in [6.07, 6.45) is 0.663. The molecule has 0 amide bonds. The molecule has 29 heavy (non-hydrogen) atoms. The van der Waals surface area contributed by atoms with Gasteiger partial charge in [0.15, 0.2) is 5.78 Å². The van der Waals surface area contributed by atoms with Crippen molar-refractivity contribution < 1.29 is 33.1 Å². The molecule has 0 saturated heterocycles. The van der Waals surface area contributed by atoms with Gasteiger partial charge in [-0.3, -0.25) is 9.59 Å². The highest BCUT2D eigenvalue weighted by molar-refractivity contribution is 7.00. The van der Waals surface area contributed by atoms with Crippen LogP contribution in [0.25, 0.3) is 0 Å². The molecular formula is C21H27O7P. The molecule has 2 atom stereocenters. The van der Waals surface area contributed by atoms with Gasteiger partial charge in [0.2, 0.25) is 0 Å². The van der Waals surface area contributed by atoms with Gasteiger partial charge in [0, 0.05) is 12.1 Å². The number of carbonyl (C=O) groups is 2. The van der Waals surface area contributed by atoms with Gasteiger partial charge in [-0.2, -0.15) is 0 Å². The molecule has 8 heteroatoms. The summed E-state index contributed by atoms with van der Waals surface area (Å²) >= 11 is 0. The maximum absolute atomic E-state index is 13.4. The summed E-state index contributed by atoms with van der Waals surface area (Å²) in [7, 11) is 5.00. The Balaban J connectivity index is 0.00000204. The van der Waals surface area contributed by atoms with E-state index in [-0.39, 0.29) is 23.7 Å². The molecule has 2 aromatic carbocycles. The highest BCUT2D eigenvalue weighted by Crippen LogP contribution is 2.37. The van der Waals surface area contributed by atoms with E-state index in [0.717, 1.165) is 0 Å². The summed E-state index contributed by atoms with van der Waals surface area (Å²) in [5.74, 6) is -1.17. The number of benzene rings is 2. The first kappa shape index (κ1) is 24.2. The van der Waals surface area contributed by atoms with E-state index < -0.39 is 17.7 Å². The molecule has 0 aromatic heterocycles. The van der Waals surface area contributed by atoms with Gasteiger partial charge in [-0.05, 0) is 12.0 Å². The SMILES string of the molecule is CCCOC(=O)C(C(=O)c1c(OC)cc(OC)cc1OC)c1ccccc1.O=[PH3]. The lowest BCUT2D eigenvalue weighted by molar-refractivity contribution is -0.144. The van der Waals surface area contributed by atoms with Crippen LogP contribution in [0.3, 0.4) is 0 Å². The molecule has 0 N–H and O–H groups in total. The van der Waals surface area contributed by atoms with E-state index in [1.165, 1.54) is 21.3 Å². The van der Waals surface area contributed by atoms with Crippen LogP contribution in [0.15, 0.2) is 42.5 Å². The van der Waals surface area contributed by atoms with Gasteiger partial charge in [0.05, 0.1) is 37.1 Å². The quantitative estimate of drug-likeness (QED) is 0.264. The van der Waals surface area contributed by atoms with E-state index in [1.807, 2.05) is 13.0 Å². The number of esters is 1. The molecule has 0 radical (unpaired) electrons. The second-order valence-electron chi connectivity index (χ2n) is 5.78. The third kappa shape index (κ3) is 6.09. The van der Waals surface area contributed by atoms with E-state index in [9.17, 15) is 9.59 Å². The standard InChI is InChI=1S/C21H24O6.H3OP/c1-5-11-27-21(23)18(14-9-7-6-8-10-14)20(22)19-16(25-3)12-15(24-2)13-17(19)26-4;1-2/h6-10,12-13,18H,5,11H2,1-4H3;2H3. The molecule has 0 aliphatic carbocycles. The van der Waals surface area contributed by atoms with Crippen molar-refractivity contribution in [2.45, 2.75) is 19.3 Å². The molecule has 0 fully saturated rings. The van der Waals surface area contributed by atoms with Crippen LogP contribution in [0, 0.1) is 0 Å². The molecule has 0 spiro atoms. The number of carbonyl (C=O) groups excluding carboxylic acids is 2. The molecule has 0 heterocycles. The van der Waals surface area contributed by atoms with Crippen molar-refractivity contribution in [1.82, 2.24) is 0 Å². The minimum atomic E-state index is -1.12. The molecule has 0 aliphatic heterocycles. The highest BCUT2D eigenvalue weighted by atomic mass is 31.0. The van der Waals surface area contributed by atoms with Gasteiger partial charge >= 0.3 is 5.97 Å². The number of Topliss-reactive ketones (excluding diaryl/α,β-unsaturated/α-hetero) is 1. The molecule has 0 bridgehead atoms. The zero-order valence-electron chi connectivity index (χ0n) is 17.1. The average molecular weight is 422 g/mol. The van der Waals surface area contributed by atoms with E-state index in [1.54, 1.807) is 36.4 Å². The smallest absolute Gasteiger partial charge is 0.321 e. The number of ether oxygens (including phenoxy) is 4. The summed E-state index contributed by atoms with van der Waals surface area (Å²) in [6.45, 7) is 2.13. The van der Waals surface area contributed by atoms with Crippen molar-refractivity contribution >= 4 is 20.9 Å². The predicted molar refractivity (Wildman–Crippen MR) is 113 cm³/mol. The van der Waals surface area contributed by atoms with Crippen molar-refractivity contribution in [3.63, 3.8) is 0 Å². The third-order valence-electron chi connectivity index (χ3n) is 4.04. The first-order chi connectivity index (χ1) is 14.1. The Morgan fingerprint density at radius 1 is 0.931 bits per heavy atom. The lowest BCUT2D eigenvalue weighted by atomic mass is 9.89. The Hall–Kier alpha value is -2.79. The topological polar surface area (TPSA) is 88.1 Å². The van der Waals surface area contributed by atoms with Crippen molar-refractivity contribution in [1.29, 1.82) is 0 Å². The van der Waals surface area contributed by atoms with Crippen molar-refractivity contribution in [3.05, 3.63) is 53.6 Å². The largest absolute Gasteiger partial charge is 0.496 e. The fourth-order valence-electron chi connectivity index (χ4n) is 2.72. The number of hydrogen-bond acceptors (Lipinski definition) is 7. The van der Waals surface area contributed by atoms with Gasteiger partial charge < -0.3 is 23.5 Å². The lowest BCUT2D eigenvalue weighted by Crippen LogP contribution is -2.25. The lowest BCUT2D eigenvalue weighted by Gasteiger charge is -2.19. The fourth-order valence-corrected chi connectivity index (χ4v) is 2.72. The highest BCUT2D eigenvalue weighted by Gasteiger charge is 2.35. The van der Waals surface area contributed by atoms with E-state index in [0.29, 0.717) is 26.9 Å². The molecule has 0 aliphatic rings. The van der Waals surface area contributed by atoms with Crippen LogP contribution >= 0.6 is 9.12 Å². The fraction of sp³-hybridized carbons (Fsp3) is 0.333. The molecule has 0 saturated carbocycles. The zero-order chi connectivity index (χ0) is 21.8. The van der Waals surface area contributed by atoms with E-state index >= 15 is 0 Å². The van der Waals surface area contributed by atoms with Gasteiger partial charge in [0.25, 0.3) is 0 Å². The number of methoxy groups -OCH3 is 3. The minimum Gasteiger partial charge on any atom is -0.496 e. The maximum atomic E-state index is 13.4. The Bertz CT molecular complexity index is 783. The van der Waals surface area contributed by atoms with Gasteiger partial charge in [-0.1, -0.05) is 37.3 Å². The maximum Gasteiger partial charge on any atom is 0.321 e. The van der Waals surface area contributed by atoms with Crippen LogP contribution in [0.2, 0.25) is 0 Å². The van der Waals surface area contributed by atoms with Gasteiger partial charge in [-0.15, -0.1) is 0 Å². The van der Waals surface area contributed by atoms with Crippen LogP contribution in [-0.2, 0) is 14.1 Å². The predicted octanol–water partition coefficient (Wildman–Crippen LogP) is 3.57.